The van der Waals surface area contributed by atoms with E-state index in [1.165, 1.54) is 11.1 Å². The molecule has 1 aromatic carbocycles. The van der Waals surface area contributed by atoms with E-state index < -0.39 is 0 Å². The van der Waals surface area contributed by atoms with E-state index in [1.807, 2.05) is 19.9 Å². The lowest BCUT2D eigenvalue weighted by Gasteiger charge is -2.18. The minimum Gasteiger partial charge on any atom is -0.493 e. The van der Waals surface area contributed by atoms with Gasteiger partial charge in [-0.15, -0.1) is 0 Å². The molecule has 0 saturated carbocycles. The Morgan fingerprint density at radius 2 is 1.83 bits per heavy atom. The third-order valence-corrected chi connectivity index (χ3v) is 2.65. The van der Waals surface area contributed by atoms with Gasteiger partial charge in [-0.2, -0.15) is 0 Å². The lowest BCUT2D eigenvalue weighted by molar-refractivity contribution is 0.0870. The van der Waals surface area contributed by atoms with Crippen LogP contribution in [0.2, 0.25) is 0 Å². The molecule has 0 spiro atoms. The van der Waals surface area contributed by atoms with E-state index in [4.69, 9.17) is 15.2 Å². The van der Waals surface area contributed by atoms with Gasteiger partial charge >= 0.3 is 0 Å². The van der Waals surface area contributed by atoms with E-state index in [9.17, 15) is 0 Å². The Morgan fingerprint density at radius 3 is 2.44 bits per heavy atom. The second-order valence-electron chi connectivity index (χ2n) is 5.49. The van der Waals surface area contributed by atoms with E-state index >= 15 is 0 Å². The van der Waals surface area contributed by atoms with Gasteiger partial charge in [0.15, 0.2) is 0 Å². The molecule has 0 fully saturated rings. The first-order chi connectivity index (χ1) is 8.38. The molecule has 3 nitrogen and oxygen atoms in total. The van der Waals surface area contributed by atoms with Crippen molar-refractivity contribution in [2.24, 2.45) is 5.73 Å². The Hall–Kier alpha value is -1.06. The first kappa shape index (κ1) is 15.0. The zero-order valence-electron chi connectivity index (χ0n) is 12.0. The highest BCUT2D eigenvalue weighted by molar-refractivity contribution is 5.33. The quantitative estimate of drug-likeness (QED) is 0.758. The van der Waals surface area contributed by atoms with Gasteiger partial charge in [0, 0.05) is 18.6 Å². The van der Waals surface area contributed by atoms with E-state index in [0.29, 0.717) is 19.8 Å². The van der Waals surface area contributed by atoms with Gasteiger partial charge in [0.1, 0.15) is 5.75 Å². The highest BCUT2D eigenvalue weighted by Gasteiger charge is 2.09. The maximum absolute atomic E-state index is 5.82. The second-order valence-corrected chi connectivity index (χ2v) is 5.49. The molecule has 0 aliphatic rings. The monoisotopic (exact) mass is 251 g/mol. The second kappa shape index (κ2) is 6.76. The number of nitrogens with two attached hydrogens (primary N) is 1. The highest BCUT2D eigenvalue weighted by atomic mass is 16.5. The van der Waals surface area contributed by atoms with Crippen molar-refractivity contribution in [3.63, 3.8) is 0 Å². The number of hydrogen-bond acceptors (Lipinski definition) is 3. The Kier molecular flexibility index (Phi) is 5.63. The van der Waals surface area contributed by atoms with Crippen molar-refractivity contribution < 1.29 is 9.47 Å². The molecular formula is C15H25NO2. The summed E-state index contributed by atoms with van der Waals surface area (Å²) < 4.78 is 11.1. The molecule has 2 N–H and O–H groups in total. The minimum atomic E-state index is -0.255. The smallest absolute Gasteiger partial charge is 0.119 e. The number of ether oxygens (including phenoxy) is 2. The average molecular weight is 251 g/mol. The van der Waals surface area contributed by atoms with Gasteiger partial charge in [-0.3, -0.25) is 0 Å². The zero-order valence-corrected chi connectivity index (χ0v) is 12.0. The van der Waals surface area contributed by atoms with Crippen LogP contribution in [-0.4, -0.2) is 25.4 Å². The molecule has 0 aromatic heterocycles. The molecule has 0 bridgehead atoms. The van der Waals surface area contributed by atoms with Crippen LogP contribution in [0.25, 0.3) is 0 Å². The van der Waals surface area contributed by atoms with E-state index in [0.717, 1.165) is 12.2 Å². The zero-order chi connectivity index (χ0) is 13.6. The number of rotatable bonds is 7. The summed E-state index contributed by atoms with van der Waals surface area (Å²) in [6.07, 6.45) is 0.878. The van der Waals surface area contributed by atoms with Crippen LogP contribution >= 0.6 is 0 Å². The molecular weight excluding hydrogens is 226 g/mol. The predicted molar refractivity (Wildman–Crippen MR) is 75.1 cm³/mol. The largest absolute Gasteiger partial charge is 0.493 e. The van der Waals surface area contributed by atoms with Crippen molar-refractivity contribution in [2.45, 2.75) is 39.7 Å². The Bertz CT molecular complexity index is 369. The maximum Gasteiger partial charge on any atom is 0.119 e. The standard InChI is InChI=1S/C15H25NO2/c1-12-6-7-14(10-13(12)2)18-9-5-8-17-11-15(3,4)16/h6-7,10H,5,8-9,11,16H2,1-4H3. The van der Waals surface area contributed by atoms with Crippen molar-refractivity contribution >= 4 is 0 Å². The van der Waals surface area contributed by atoms with Gasteiger partial charge in [-0.1, -0.05) is 6.07 Å². The molecule has 0 saturated heterocycles. The third-order valence-electron chi connectivity index (χ3n) is 2.65. The van der Waals surface area contributed by atoms with E-state index in [1.54, 1.807) is 0 Å². The maximum atomic E-state index is 5.82. The van der Waals surface area contributed by atoms with Gasteiger partial charge in [0.25, 0.3) is 0 Å². The molecule has 18 heavy (non-hydrogen) atoms. The molecule has 1 aromatic rings. The molecule has 0 aliphatic carbocycles. The van der Waals surface area contributed by atoms with Crippen molar-refractivity contribution in [3.05, 3.63) is 29.3 Å². The van der Waals surface area contributed by atoms with Gasteiger partial charge in [-0.05, 0) is 51.0 Å². The summed E-state index contributed by atoms with van der Waals surface area (Å²) in [5.74, 6) is 0.928. The summed E-state index contributed by atoms with van der Waals surface area (Å²) in [5.41, 5.74) is 8.11. The van der Waals surface area contributed by atoms with E-state index in [-0.39, 0.29) is 5.54 Å². The summed E-state index contributed by atoms with van der Waals surface area (Å²) >= 11 is 0. The van der Waals surface area contributed by atoms with Crippen LogP contribution in [0.3, 0.4) is 0 Å². The molecule has 0 unspecified atom stereocenters. The minimum absolute atomic E-state index is 0.255. The van der Waals surface area contributed by atoms with Crippen molar-refractivity contribution in [1.82, 2.24) is 0 Å². The molecule has 0 heterocycles. The SMILES string of the molecule is Cc1ccc(OCCCOCC(C)(C)N)cc1C. The average Bonchev–Trinajstić information content (AvgIpc) is 2.26. The molecule has 0 aliphatic heterocycles. The molecule has 3 heteroatoms. The van der Waals surface area contributed by atoms with Gasteiger partial charge < -0.3 is 15.2 Å². The molecule has 0 amide bonds. The van der Waals surface area contributed by atoms with Gasteiger partial charge in [0.05, 0.1) is 13.2 Å². The summed E-state index contributed by atoms with van der Waals surface area (Å²) in [4.78, 5) is 0. The van der Waals surface area contributed by atoms with Gasteiger partial charge in [0.2, 0.25) is 0 Å². The van der Waals surface area contributed by atoms with Crippen LogP contribution in [0.5, 0.6) is 5.75 Å². The first-order valence-electron chi connectivity index (χ1n) is 6.45. The predicted octanol–water partition coefficient (Wildman–Crippen LogP) is 2.83. The highest BCUT2D eigenvalue weighted by Crippen LogP contribution is 2.16. The van der Waals surface area contributed by atoms with Gasteiger partial charge in [-0.25, -0.2) is 0 Å². The van der Waals surface area contributed by atoms with E-state index in [2.05, 4.69) is 26.0 Å². The fourth-order valence-corrected chi connectivity index (χ4v) is 1.49. The summed E-state index contributed by atoms with van der Waals surface area (Å²) in [6.45, 7) is 10.0. The Balaban J connectivity index is 2.16. The number of hydrogen-bond donors (Lipinski definition) is 1. The molecule has 102 valence electrons. The fraction of sp³-hybridized carbons (Fsp3) is 0.600. The van der Waals surface area contributed by atoms with Crippen LogP contribution in [-0.2, 0) is 4.74 Å². The van der Waals surface area contributed by atoms with Crippen molar-refractivity contribution in [3.8, 4) is 5.75 Å². The van der Waals surface area contributed by atoms with Crippen LogP contribution < -0.4 is 10.5 Å². The fourth-order valence-electron chi connectivity index (χ4n) is 1.49. The van der Waals surface area contributed by atoms with Crippen molar-refractivity contribution in [1.29, 1.82) is 0 Å². The number of benzene rings is 1. The van der Waals surface area contributed by atoms with Crippen LogP contribution in [0.15, 0.2) is 18.2 Å². The van der Waals surface area contributed by atoms with Crippen LogP contribution in [0.1, 0.15) is 31.4 Å². The third kappa shape index (κ3) is 6.03. The molecule has 1 rings (SSSR count). The summed E-state index contributed by atoms with van der Waals surface area (Å²) in [6, 6.07) is 6.16. The Morgan fingerprint density at radius 1 is 1.11 bits per heavy atom. The van der Waals surface area contributed by atoms with Crippen LogP contribution in [0, 0.1) is 13.8 Å². The number of aryl methyl sites for hydroxylation is 2. The Labute approximate surface area is 110 Å². The van der Waals surface area contributed by atoms with Crippen LogP contribution in [0.4, 0.5) is 0 Å². The summed E-state index contributed by atoms with van der Waals surface area (Å²) in [7, 11) is 0. The molecule has 0 radical (unpaired) electrons. The summed E-state index contributed by atoms with van der Waals surface area (Å²) in [5, 5.41) is 0. The normalized spacial score (nSPS) is 11.6. The first-order valence-corrected chi connectivity index (χ1v) is 6.45. The topological polar surface area (TPSA) is 44.5 Å². The lowest BCUT2D eigenvalue weighted by Crippen LogP contribution is -2.37. The van der Waals surface area contributed by atoms with Crippen molar-refractivity contribution in [2.75, 3.05) is 19.8 Å². The lowest BCUT2D eigenvalue weighted by atomic mass is 10.1. The molecule has 0 atom stereocenters.